The molecule has 0 amide bonds. The molecule has 0 heterocycles. The van der Waals surface area contributed by atoms with Crippen LogP contribution in [-0.2, 0) is 20.0 Å². The minimum atomic E-state index is -2.15. The van der Waals surface area contributed by atoms with E-state index in [0.29, 0.717) is 0 Å². The highest BCUT2D eigenvalue weighted by Gasteiger charge is 2.18. The van der Waals surface area contributed by atoms with Gasteiger partial charge >= 0.3 is 0 Å². The molecule has 1 N–H and O–H groups in total. The molecule has 0 fully saturated rings. The maximum atomic E-state index is 10.4. The van der Waals surface area contributed by atoms with Gasteiger partial charge in [-0.05, 0) is 17.5 Å². The number of rotatable bonds is 4. The highest BCUT2D eigenvalue weighted by molar-refractivity contribution is 7.63. The van der Waals surface area contributed by atoms with Crippen molar-refractivity contribution < 1.29 is 18.5 Å². The van der Waals surface area contributed by atoms with Crippen LogP contribution >= 0.6 is 15.1 Å². The fourth-order valence-corrected chi connectivity index (χ4v) is 1.43. The van der Waals surface area contributed by atoms with Gasteiger partial charge in [0.2, 0.25) is 0 Å². The molecule has 0 saturated carbocycles. The Labute approximate surface area is 180 Å². The lowest BCUT2D eigenvalue weighted by Crippen LogP contribution is -1.85. The average Bonchev–Trinajstić information content (AvgIpc) is 2.72. The monoisotopic (exact) mass is 445 g/mol. The molecule has 0 atom stereocenters. The molecule has 0 radical (unpaired) electrons. The molecule has 0 saturated heterocycles. The molecule has 6 heteroatoms. The van der Waals surface area contributed by atoms with E-state index in [0.717, 1.165) is 6.42 Å². The van der Waals surface area contributed by atoms with Crippen molar-refractivity contribution in [1.82, 2.24) is 0 Å². The Bertz CT molecular complexity index is 568. The number of benzene rings is 2. The average molecular weight is 446 g/mol. The van der Waals surface area contributed by atoms with E-state index in [2.05, 4.69) is 69.7 Å². The van der Waals surface area contributed by atoms with Gasteiger partial charge in [0.15, 0.2) is 7.37 Å². The maximum absolute atomic E-state index is 10.4. The predicted octanol–water partition coefficient (Wildman–Crippen LogP) is 7.23. The van der Waals surface area contributed by atoms with Crippen LogP contribution in [0.15, 0.2) is 60.7 Å². The molecule has 4 nitrogen and oxygen atoms in total. The van der Waals surface area contributed by atoms with Crippen molar-refractivity contribution in [2.45, 2.75) is 34.1 Å². The highest BCUT2D eigenvalue weighted by Crippen LogP contribution is 2.45. The summed E-state index contributed by atoms with van der Waals surface area (Å²) in [4.78, 5) is 8.72. The molecule has 0 aliphatic heterocycles. The Kier molecular flexibility index (Phi) is 22.8. The zero-order chi connectivity index (χ0) is 23.3. The van der Waals surface area contributed by atoms with Gasteiger partial charge in [0.05, 0.1) is 7.11 Å². The summed E-state index contributed by atoms with van der Waals surface area (Å²) in [6.07, 6.45) is 1.03. The zero-order valence-electron chi connectivity index (χ0n) is 20.0. The van der Waals surface area contributed by atoms with Gasteiger partial charge in [-0.15, -0.1) is 0 Å². The van der Waals surface area contributed by atoms with Gasteiger partial charge in [0.1, 0.15) is 13.3 Å². The normalized spacial score (nSPS) is 9.76. The second-order valence-electron chi connectivity index (χ2n) is 6.06. The van der Waals surface area contributed by atoms with E-state index < -0.39 is 15.1 Å². The van der Waals surface area contributed by atoms with Crippen molar-refractivity contribution in [3.63, 3.8) is 0 Å². The molecule has 0 aliphatic carbocycles. The summed E-state index contributed by atoms with van der Waals surface area (Å²) in [5, 5.41) is 0. The SMILES string of the molecule is CC.CC.COP(C)(C)=O.CO[P+](C)(C)O.c1ccc(Cc2ccccc2)cc1. The van der Waals surface area contributed by atoms with E-state index in [1.54, 1.807) is 26.7 Å². The van der Waals surface area contributed by atoms with Crippen LogP contribution in [0.25, 0.3) is 0 Å². The van der Waals surface area contributed by atoms with Gasteiger partial charge in [-0.3, -0.25) is 4.57 Å². The lowest BCUT2D eigenvalue weighted by Gasteiger charge is -2.00. The predicted molar refractivity (Wildman–Crippen MR) is 133 cm³/mol. The van der Waals surface area contributed by atoms with Crippen molar-refractivity contribution >= 4 is 15.1 Å². The molecule has 29 heavy (non-hydrogen) atoms. The standard InChI is InChI=1S/C13H12.C3H10O2P.C3H9O2P.2C2H6/c1-3-7-12(8-4-1)11-13-9-5-2-6-10-13;2*1-5-6(2,3)4;2*1-2/h1-10H,11H2;4H,1-3H3;1-3H3;2*1-2H3/q;+1;;;. The van der Waals surface area contributed by atoms with E-state index >= 15 is 0 Å². The lowest BCUT2D eigenvalue weighted by molar-refractivity contribution is 0.377. The summed E-state index contributed by atoms with van der Waals surface area (Å²) >= 11 is 0. The molecule has 2 aromatic carbocycles. The van der Waals surface area contributed by atoms with Gasteiger partial charge < -0.3 is 4.52 Å². The van der Waals surface area contributed by atoms with Gasteiger partial charge in [-0.1, -0.05) is 88.4 Å². The second kappa shape index (κ2) is 20.3. The van der Waals surface area contributed by atoms with E-state index in [1.165, 1.54) is 25.3 Å². The van der Waals surface area contributed by atoms with E-state index in [-0.39, 0.29) is 0 Å². The van der Waals surface area contributed by atoms with Gasteiger partial charge in [-0.2, -0.15) is 0 Å². The fourth-order valence-electron chi connectivity index (χ4n) is 1.43. The van der Waals surface area contributed by atoms with E-state index in [9.17, 15) is 4.57 Å². The molecule has 2 rings (SSSR count). The quantitative estimate of drug-likeness (QED) is 0.504. The Hall–Kier alpha value is -1.02. The highest BCUT2D eigenvalue weighted by atomic mass is 31.2. The summed E-state index contributed by atoms with van der Waals surface area (Å²) in [6, 6.07) is 21.1. The first-order valence-corrected chi connectivity index (χ1v) is 15.0. The largest absolute Gasteiger partial charge is 0.332 e. The molecular formula is C23H43O4P2+. The molecular weight excluding hydrogens is 402 g/mol. The Balaban J connectivity index is -0.000000360. The summed E-state index contributed by atoms with van der Waals surface area (Å²) in [5.74, 6) is 0. The van der Waals surface area contributed by atoms with Crippen molar-refractivity contribution in [2.24, 2.45) is 0 Å². The lowest BCUT2D eigenvalue weighted by atomic mass is 10.1. The third kappa shape index (κ3) is 27.0. The van der Waals surface area contributed by atoms with Crippen LogP contribution in [0, 0.1) is 0 Å². The topological polar surface area (TPSA) is 55.8 Å². The Morgan fingerprint density at radius 2 is 1.03 bits per heavy atom. The van der Waals surface area contributed by atoms with Crippen LogP contribution in [0.2, 0.25) is 0 Å². The summed E-state index contributed by atoms with van der Waals surface area (Å²) < 4.78 is 19.5. The van der Waals surface area contributed by atoms with Gasteiger partial charge in [-0.25, -0.2) is 9.42 Å². The van der Waals surface area contributed by atoms with Crippen molar-refractivity contribution in [3.05, 3.63) is 71.8 Å². The smallest absolute Gasteiger partial charge is 0.265 e. The number of hydrogen-bond acceptors (Lipinski definition) is 4. The van der Waals surface area contributed by atoms with E-state index in [4.69, 9.17) is 4.89 Å². The first kappa shape index (κ1) is 32.6. The van der Waals surface area contributed by atoms with Crippen LogP contribution in [0.3, 0.4) is 0 Å². The van der Waals surface area contributed by atoms with Crippen molar-refractivity contribution in [2.75, 3.05) is 40.9 Å². The first-order valence-electron chi connectivity index (χ1n) is 9.88. The Morgan fingerprint density at radius 1 is 0.793 bits per heavy atom. The molecule has 0 aliphatic rings. The summed E-state index contributed by atoms with van der Waals surface area (Å²) in [5.41, 5.74) is 2.74. The van der Waals surface area contributed by atoms with Crippen LogP contribution in [-0.4, -0.2) is 45.8 Å². The third-order valence-corrected chi connectivity index (χ3v) is 4.75. The van der Waals surface area contributed by atoms with Gasteiger partial charge in [0, 0.05) is 20.4 Å². The Morgan fingerprint density at radius 3 is 1.21 bits per heavy atom. The molecule has 0 unspecified atom stereocenters. The molecule has 0 spiro atoms. The van der Waals surface area contributed by atoms with Crippen LogP contribution in [0.5, 0.6) is 0 Å². The molecule has 168 valence electrons. The van der Waals surface area contributed by atoms with Crippen LogP contribution in [0.1, 0.15) is 38.8 Å². The second-order valence-corrected chi connectivity index (χ2v) is 11.9. The first-order chi connectivity index (χ1) is 13.6. The summed E-state index contributed by atoms with van der Waals surface area (Å²) in [6.45, 7) is 14.5. The number of hydrogen-bond donors (Lipinski definition) is 1. The zero-order valence-corrected chi connectivity index (χ0v) is 21.8. The third-order valence-electron chi connectivity index (χ3n) is 2.98. The maximum Gasteiger partial charge on any atom is 0.265 e. The minimum Gasteiger partial charge on any atom is -0.332 e. The van der Waals surface area contributed by atoms with Crippen molar-refractivity contribution in [3.8, 4) is 0 Å². The van der Waals surface area contributed by atoms with Crippen molar-refractivity contribution in [1.29, 1.82) is 0 Å². The molecule has 0 aromatic heterocycles. The van der Waals surface area contributed by atoms with E-state index in [1.807, 2.05) is 27.7 Å². The molecule has 0 bridgehead atoms. The van der Waals surface area contributed by atoms with Crippen LogP contribution in [0.4, 0.5) is 0 Å². The molecule has 2 aromatic rings. The summed E-state index contributed by atoms with van der Waals surface area (Å²) in [7, 11) is -1.09. The van der Waals surface area contributed by atoms with Crippen LogP contribution < -0.4 is 0 Å². The minimum absolute atomic E-state index is 1.03. The van der Waals surface area contributed by atoms with Gasteiger partial charge in [0.25, 0.3) is 7.72 Å². The fraction of sp³-hybridized carbons (Fsp3) is 0.478.